The summed E-state index contributed by atoms with van der Waals surface area (Å²) < 4.78 is 40.6. The van der Waals surface area contributed by atoms with Gasteiger partial charge in [0.2, 0.25) is 21.8 Å². The minimum Gasteiger partial charge on any atom is -0.274 e. The van der Waals surface area contributed by atoms with Crippen LogP contribution in [0.5, 0.6) is 0 Å². The Balaban J connectivity index is 1.58. The lowest BCUT2D eigenvalue weighted by molar-refractivity contribution is -0.143. The quantitative estimate of drug-likeness (QED) is 0.676. The van der Waals surface area contributed by atoms with Gasteiger partial charge in [0.25, 0.3) is 0 Å². The number of likely N-dealkylation sites (tertiary alicyclic amines) is 1. The Bertz CT molecular complexity index is 1040. The first-order valence-corrected chi connectivity index (χ1v) is 11.7. The maximum atomic E-state index is 13.5. The van der Waals surface area contributed by atoms with Crippen LogP contribution in [0.15, 0.2) is 40.6 Å². The molecule has 2 amide bonds. The molecule has 0 saturated carbocycles. The molecule has 6 nitrogen and oxygen atoms in total. The maximum Gasteiger partial charge on any atom is 0.243 e. The number of carbonyl (C=O) groups excluding carboxylic acids is 2. The number of thiophene rings is 1. The van der Waals surface area contributed by atoms with E-state index in [1.165, 1.54) is 39.6 Å². The molecule has 1 unspecified atom stereocenters. The Kier molecular flexibility index (Phi) is 5.08. The van der Waals surface area contributed by atoms with Crippen LogP contribution in [0.3, 0.4) is 0 Å². The van der Waals surface area contributed by atoms with Crippen LogP contribution in [0.25, 0.3) is 0 Å². The summed E-state index contributed by atoms with van der Waals surface area (Å²) in [5.41, 5.74) is 0.227. The maximum absolute atomic E-state index is 13.5. The zero-order valence-corrected chi connectivity index (χ0v) is 17.7. The lowest BCUT2D eigenvalue weighted by atomic mass is 10.00. The van der Waals surface area contributed by atoms with E-state index in [2.05, 4.69) is 0 Å². The zero-order chi connectivity index (χ0) is 20.9. The minimum absolute atomic E-state index is 0.0295. The molecule has 9 heteroatoms. The highest BCUT2D eigenvalue weighted by Gasteiger charge is 2.56. The first-order valence-electron chi connectivity index (χ1n) is 9.42. The number of carbonyl (C=O) groups is 2. The molecular weight excluding hydrogens is 415 g/mol. The normalized spacial score (nSPS) is 23.6. The van der Waals surface area contributed by atoms with Gasteiger partial charge < -0.3 is 0 Å². The smallest absolute Gasteiger partial charge is 0.243 e. The Morgan fingerprint density at radius 1 is 1.17 bits per heavy atom. The fraction of sp³-hybridized carbons (Fsp3) is 0.400. The van der Waals surface area contributed by atoms with Crippen molar-refractivity contribution in [1.82, 2.24) is 9.21 Å². The summed E-state index contributed by atoms with van der Waals surface area (Å²) >= 11 is 1.50. The van der Waals surface area contributed by atoms with Crippen molar-refractivity contribution < 1.29 is 22.4 Å². The van der Waals surface area contributed by atoms with Crippen LogP contribution in [-0.4, -0.2) is 42.5 Å². The number of rotatable bonds is 5. The number of nitrogens with zero attached hydrogens (tertiary/aromatic N) is 2. The second-order valence-electron chi connectivity index (χ2n) is 7.43. The molecule has 4 rings (SSSR count). The Hall–Kier alpha value is -2.10. The van der Waals surface area contributed by atoms with E-state index in [4.69, 9.17) is 0 Å². The van der Waals surface area contributed by atoms with Crippen molar-refractivity contribution in [2.24, 2.45) is 11.8 Å². The zero-order valence-electron chi connectivity index (χ0n) is 16.0. The summed E-state index contributed by atoms with van der Waals surface area (Å²) in [4.78, 5) is 28.3. The lowest BCUT2D eigenvalue weighted by Crippen LogP contribution is -2.39. The highest BCUT2D eigenvalue weighted by atomic mass is 32.2. The van der Waals surface area contributed by atoms with E-state index in [1.54, 1.807) is 0 Å². The molecular formula is C20H21FN2O4S2. The lowest BCUT2D eigenvalue weighted by Gasteiger charge is -2.26. The van der Waals surface area contributed by atoms with Crippen LogP contribution in [0, 0.1) is 24.6 Å². The molecule has 2 fully saturated rings. The topological polar surface area (TPSA) is 74.8 Å². The summed E-state index contributed by atoms with van der Waals surface area (Å²) in [5.74, 6) is -2.45. The molecule has 0 aliphatic carbocycles. The average Bonchev–Trinajstić information content (AvgIpc) is 3.40. The number of aryl methyl sites for hydroxylation is 1. The summed E-state index contributed by atoms with van der Waals surface area (Å²) in [6.07, 6.45) is 0.605. The molecule has 0 N–H and O–H groups in total. The van der Waals surface area contributed by atoms with Crippen molar-refractivity contribution in [2.75, 3.05) is 13.1 Å². The highest BCUT2D eigenvalue weighted by Crippen LogP contribution is 2.41. The predicted octanol–water partition coefficient (Wildman–Crippen LogP) is 2.95. The van der Waals surface area contributed by atoms with Crippen LogP contribution < -0.4 is 0 Å². The average molecular weight is 437 g/mol. The summed E-state index contributed by atoms with van der Waals surface area (Å²) in [7, 11) is -3.91. The molecule has 0 spiro atoms. The van der Waals surface area contributed by atoms with Crippen LogP contribution in [0.2, 0.25) is 0 Å². The number of imide groups is 1. The van der Waals surface area contributed by atoms with Gasteiger partial charge in [-0.15, -0.1) is 11.3 Å². The molecule has 0 radical (unpaired) electrons. The van der Waals surface area contributed by atoms with Crippen LogP contribution in [-0.2, 0) is 19.6 Å². The van der Waals surface area contributed by atoms with Gasteiger partial charge in [-0.3, -0.25) is 14.5 Å². The number of halogens is 1. The van der Waals surface area contributed by atoms with E-state index in [0.717, 1.165) is 10.9 Å². The number of sulfonamides is 1. The first-order chi connectivity index (χ1) is 13.8. The molecule has 2 aliphatic rings. The van der Waals surface area contributed by atoms with E-state index >= 15 is 0 Å². The molecule has 2 aliphatic heterocycles. The predicted molar refractivity (Wildman–Crippen MR) is 106 cm³/mol. The SMILES string of the molecule is CCC(c1cccs1)N1C(=O)[C@H]2CN(S(=O)(=O)c3ccc(F)c(C)c3)C[C@H]2C1=O. The van der Waals surface area contributed by atoms with Crippen molar-refractivity contribution in [2.45, 2.75) is 31.2 Å². The van der Waals surface area contributed by atoms with Crippen LogP contribution in [0.1, 0.15) is 29.8 Å². The summed E-state index contributed by atoms with van der Waals surface area (Å²) in [5, 5.41) is 1.91. The molecule has 3 heterocycles. The van der Waals surface area contributed by atoms with Crippen molar-refractivity contribution >= 4 is 33.2 Å². The van der Waals surface area contributed by atoms with Gasteiger partial charge >= 0.3 is 0 Å². The van der Waals surface area contributed by atoms with E-state index in [-0.39, 0.29) is 41.4 Å². The molecule has 2 saturated heterocycles. The third kappa shape index (κ3) is 3.21. The van der Waals surface area contributed by atoms with E-state index in [9.17, 15) is 22.4 Å². The summed E-state index contributed by atoms with van der Waals surface area (Å²) in [6.45, 7) is 3.34. The van der Waals surface area contributed by atoms with Crippen molar-refractivity contribution in [1.29, 1.82) is 0 Å². The number of amides is 2. The first kappa shape index (κ1) is 20.2. The van der Waals surface area contributed by atoms with Gasteiger partial charge in [0, 0.05) is 18.0 Å². The number of hydrogen-bond donors (Lipinski definition) is 0. The van der Waals surface area contributed by atoms with Gasteiger partial charge in [0.05, 0.1) is 22.8 Å². The van der Waals surface area contributed by atoms with Gasteiger partial charge in [-0.2, -0.15) is 4.31 Å². The number of hydrogen-bond acceptors (Lipinski definition) is 5. The Morgan fingerprint density at radius 2 is 1.83 bits per heavy atom. The van der Waals surface area contributed by atoms with E-state index in [0.29, 0.717) is 6.42 Å². The largest absolute Gasteiger partial charge is 0.274 e. The molecule has 154 valence electrons. The number of benzene rings is 1. The standard InChI is InChI=1S/C20H21FN2O4S2/c1-3-17(18-5-4-8-28-18)23-19(24)14-10-22(11-15(14)20(23)25)29(26,27)13-6-7-16(21)12(2)9-13/h4-9,14-15,17H,3,10-11H2,1-2H3/t14-,15+,17?. The highest BCUT2D eigenvalue weighted by molar-refractivity contribution is 7.89. The van der Waals surface area contributed by atoms with E-state index < -0.39 is 27.7 Å². The third-order valence-electron chi connectivity index (χ3n) is 5.73. The fourth-order valence-corrected chi connectivity index (χ4v) is 6.63. The van der Waals surface area contributed by atoms with Crippen molar-refractivity contribution in [3.05, 3.63) is 52.0 Å². The van der Waals surface area contributed by atoms with Gasteiger partial charge in [0.1, 0.15) is 5.82 Å². The fourth-order valence-electron chi connectivity index (χ4n) is 4.16. The van der Waals surface area contributed by atoms with Gasteiger partial charge in [-0.25, -0.2) is 12.8 Å². The molecule has 3 atom stereocenters. The second-order valence-corrected chi connectivity index (χ2v) is 10.3. The van der Waals surface area contributed by atoms with Crippen molar-refractivity contribution in [3.8, 4) is 0 Å². The van der Waals surface area contributed by atoms with Crippen molar-refractivity contribution in [3.63, 3.8) is 0 Å². The van der Waals surface area contributed by atoms with Gasteiger partial charge in [-0.05, 0) is 48.6 Å². The van der Waals surface area contributed by atoms with Crippen LogP contribution >= 0.6 is 11.3 Å². The molecule has 0 bridgehead atoms. The second kappa shape index (κ2) is 7.30. The van der Waals surface area contributed by atoms with E-state index in [1.807, 2.05) is 24.4 Å². The molecule has 1 aromatic heterocycles. The molecule has 29 heavy (non-hydrogen) atoms. The van der Waals surface area contributed by atoms with Gasteiger partial charge in [-0.1, -0.05) is 13.0 Å². The Labute approximate surface area is 173 Å². The third-order valence-corrected chi connectivity index (χ3v) is 8.53. The molecule has 2 aromatic rings. The monoisotopic (exact) mass is 436 g/mol. The molecule has 1 aromatic carbocycles. The van der Waals surface area contributed by atoms with Crippen LogP contribution in [0.4, 0.5) is 4.39 Å². The Morgan fingerprint density at radius 3 is 2.34 bits per heavy atom. The summed E-state index contributed by atoms with van der Waals surface area (Å²) in [6, 6.07) is 7.08. The number of fused-ring (bicyclic) bond motifs is 1. The minimum atomic E-state index is -3.91. The van der Waals surface area contributed by atoms with Gasteiger partial charge in [0.15, 0.2) is 0 Å².